The van der Waals surface area contributed by atoms with E-state index in [9.17, 15) is 13.6 Å². The predicted octanol–water partition coefficient (Wildman–Crippen LogP) is 6.69. The maximum absolute atomic E-state index is 13.7. The van der Waals surface area contributed by atoms with Crippen LogP contribution in [0.1, 0.15) is 37.9 Å². The summed E-state index contributed by atoms with van der Waals surface area (Å²) in [5, 5.41) is 0. The summed E-state index contributed by atoms with van der Waals surface area (Å²) in [5.41, 5.74) is 3.92. The summed E-state index contributed by atoms with van der Waals surface area (Å²) in [6, 6.07) is 22.4. The van der Waals surface area contributed by atoms with E-state index in [0.29, 0.717) is 11.6 Å². The van der Waals surface area contributed by atoms with Crippen LogP contribution >= 0.6 is 0 Å². The van der Waals surface area contributed by atoms with Gasteiger partial charge in [-0.05, 0) is 86.5 Å². The van der Waals surface area contributed by atoms with Crippen molar-refractivity contribution in [1.82, 2.24) is 24.3 Å². The van der Waals surface area contributed by atoms with E-state index in [4.69, 9.17) is 14.7 Å². The molecule has 0 unspecified atom stereocenters. The van der Waals surface area contributed by atoms with Gasteiger partial charge in [0.05, 0.1) is 17.2 Å². The molecule has 232 valence electrons. The molecule has 0 radical (unpaired) electrons. The zero-order valence-corrected chi connectivity index (χ0v) is 25.8. The van der Waals surface area contributed by atoms with Crippen molar-refractivity contribution in [2.75, 3.05) is 32.7 Å². The number of esters is 1. The quantitative estimate of drug-likeness (QED) is 0.144. The van der Waals surface area contributed by atoms with Gasteiger partial charge in [0.1, 0.15) is 23.1 Å². The molecule has 0 aliphatic carbocycles. The summed E-state index contributed by atoms with van der Waals surface area (Å²) >= 11 is 0. The van der Waals surface area contributed by atoms with Gasteiger partial charge in [-0.2, -0.15) is 0 Å². The van der Waals surface area contributed by atoms with Crippen LogP contribution in [0, 0.1) is 17.0 Å². The summed E-state index contributed by atoms with van der Waals surface area (Å²) in [6.45, 7) is 10.6. The second kappa shape index (κ2) is 12.9. The Hall–Kier alpha value is -4.47. The minimum Gasteiger partial charge on any atom is -0.426 e. The number of nitrogens with zero attached hydrogens (tertiary/aromatic N) is 5. The number of rotatable bonds is 8. The third-order valence-electron chi connectivity index (χ3n) is 8.18. The lowest BCUT2D eigenvalue weighted by molar-refractivity contribution is -0.143. The Morgan fingerprint density at radius 1 is 0.778 bits per heavy atom. The van der Waals surface area contributed by atoms with Gasteiger partial charge in [0.25, 0.3) is 0 Å². The summed E-state index contributed by atoms with van der Waals surface area (Å²) in [4.78, 5) is 26.5. The van der Waals surface area contributed by atoms with Crippen LogP contribution in [0.15, 0.2) is 91.3 Å². The molecule has 0 N–H and O–H groups in total. The van der Waals surface area contributed by atoms with E-state index in [1.54, 1.807) is 12.1 Å². The number of pyridine rings is 1. The van der Waals surface area contributed by atoms with Gasteiger partial charge in [-0.15, -0.1) is 0 Å². The van der Waals surface area contributed by atoms with Crippen LogP contribution in [0.3, 0.4) is 0 Å². The van der Waals surface area contributed by atoms with Crippen molar-refractivity contribution in [2.24, 2.45) is 5.41 Å². The number of hydrogen-bond donors (Lipinski definition) is 0. The molecule has 3 heterocycles. The molecule has 7 nitrogen and oxygen atoms in total. The zero-order valence-electron chi connectivity index (χ0n) is 25.8. The number of hydrogen-bond acceptors (Lipinski definition) is 6. The van der Waals surface area contributed by atoms with Crippen molar-refractivity contribution in [3.05, 3.63) is 114 Å². The highest BCUT2D eigenvalue weighted by atomic mass is 19.1. The number of ether oxygens (including phenoxy) is 1. The molecule has 0 saturated carbocycles. The first-order valence-electron chi connectivity index (χ1n) is 15.3. The first-order chi connectivity index (χ1) is 21.6. The van der Waals surface area contributed by atoms with E-state index in [-0.39, 0.29) is 23.6 Å². The molecule has 6 rings (SSSR count). The molecule has 0 bridgehead atoms. The Bertz CT molecular complexity index is 1660. The van der Waals surface area contributed by atoms with Crippen molar-refractivity contribution < 1.29 is 18.3 Å². The van der Waals surface area contributed by atoms with Crippen LogP contribution < -0.4 is 4.74 Å². The average Bonchev–Trinajstić information content (AvgIpc) is 3.46. The lowest BCUT2D eigenvalue weighted by atomic mass is 9.96. The Morgan fingerprint density at radius 3 is 1.93 bits per heavy atom. The highest BCUT2D eigenvalue weighted by Crippen LogP contribution is 2.31. The predicted molar refractivity (Wildman–Crippen MR) is 170 cm³/mol. The van der Waals surface area contributed by atoms with E-state index in [1.165, 1.54) is 24.3 Å². The lowest BCUT2D eigenvalue weighted by Gasteiger charge is -2.40. The normalized spacial score (nSPS) is 14.7. The molecule has 3 aliphatic rings. The van der Waals surface area contributed by atoms with Gasteiger partial charge in [0, 0.05) is 57.2 Å². The SMILES string of the molecule is CC(C)(C)C(=O)Oc1ccc(-c2nc3ccn(CCN4CCN(C(c5ccc(F)cc5)c5ccc(F)cc5)CC4)cc-3n2)cc1. The number of benzene rings is 3. The van der Waals surface area contributed by atoms with Gasteiger partial charge < -0.3 is 9.30 Å². The molecule has 9 heteroatoms. The van der Waals surface area contributed by atoms with Crippen molar-refractivity contribution >= 4 is 5.97 Å². The van der Waals surface area contributed by atoms with Gasteiger partial charge in [-0.3, -0.25) is 14.6 Å². The first-order valence-corrected chi connectivity index (χ1v) is 15.3. The number of halogens is 2. The molecule has 0 amide bonds. The summed E-state index contributed by atoms with van der Waals surface area (Å²) in [6.07, 6.45) is 4.06. The van der Waals surface area contributed by atoms with Gasteiger partial charge in [-0.25, -0.2) is 18.7 Å². The molecule has 0 atom stereocenters. The molecule has 1 saturated heterocycles. The summed E-state index contributed by atoms with van der Waals surface area (Å²) in [5.74, 6) is 0.307. The van der Waals surface area contributed by atoms with Gasteiger partial charge in [0.2, 0.25) is 0 Å². The third kappa shape index (κ3) is 7.27. The fourth-order valence-electron chi connectivity index (χ4n) is 5.56. The molecule has 3 aromatic rings. The summed E-state index contributed by atoms with van der Waals surface area (Å²) in [7, 11) is 0. The largest absolute Gasteiger partial charge is 0.426 e. The second-order valence-corrected chi connectivity index (χ2v) is 12.5. The average molecular weight is 610 g/mol. The Morgan fingerprint density at radius 2 is 1.36 bits per heavy atom. The minimum atomic E-state index is -0.575. The Labute approximate surface area is 262 Å². The van der Waals surface area contributed by atoms with Crippen molar-refractivity contribution in [2.45, 2.75) is 33.4 Å². The Balaban J connectivity index is 1.07. The Kier molecular flexibility index (Phi) is 8.74. The molecule has 3 aromatic carbocycles. The first kappa shape index (κ1) is 30.6. The molecule has 3 aliphatic heterocycles. The maximum atomic E-state index is 13.7. The fraction of sp³-hybridized carbons (Fsp3) is 0.306. The van der Waals surface area contributed by atoms with Crippen LogP contribution in [0.25, 0.3) is 22.8 Å². The number of carbonyl (C=O) groups excluding carboxylic acids is 1. The van der Waals surface area contributed by atoms with Crippen molar-refractivity contribution in [1.29, 1.82) is 0 Å². The van der Waals surface area contributed by atoms with Gasteiger partial charge in [-0.1, -0.05) is 24.3 Å². The van der Waals surface area contributed by atoms with E-state index < -0.39 is 5.41 Å². The van der Waals surface area contributed by atoms with E-state index >= 15 is 0 Å². The second-order valence-electron chi connectivity index (χ2n) is 12.5. The smallest absolute Gasteiger partial charge is 0.316 e. The highest BCUT2D eigenvalue weighted by molar-refractivity contribution is 5.78. The minimum absolute atomic E-state index is 0.0649. The topological polar surface area (TPSA) is 63.5 Å². The van der Waals surface area contributed by atoms with E-state index in [1.807, 2.05) is 75.6 Å². The third-order valence-corrected chi connectivity index (χ3v) is 8.18. The molecule has 45 heavy (non-hydrogen) atoms. The van der Waals surface area contributed by atoms with Gasteiger partial charge in [0.15, 0.2) is 5.82 Å². The monoisotopic (exact) mass is 609 g/mol. The molecular formula is C36H37F2N5O2. The van der Waals surface area contributed by atoms with Crippen LogP contribution in [-0.2, 0) is 11.3 Å². The van der Waals surface area contributed by atoms with Gasteiger partial charge >= 0.3 is 5.97 Å². The number of carbonyl (C=O) groups is 1. The van der Waals surface area contributed by atoms with Crippen LogP contribution in [0.5, 0.6) is 5.75 Å². The fourth-order valence-corrected chi connectivity index (χ4v) is 5.56. The zero-order chi connectivity index (χ0) is 31.6. The summed E-state index contributed by atoms with van der Waals surface area (Å²) < 4.78 is 35.0. The number of fused-ring (bicyclic) bond motifs is 1. The van der Waals surface area contributed by atoms with E-state index in [2.05, 4.69) is 14.4 Å². The van der Waals surface area contributed by atoms with Crippen LogP contribution in [0.2, 0.25) is 0 Å². The number of aromatic nitrogens is 3. The molecule has 1 fully saturated rings. The number of imidazole rings is 1. The number of piperazine rings is 1. The van der Waals surface area contributed by atoms with Crippen LogP contribution in [-0.4, -0.2) is 63.0 Å². The maximum Gasteiger partial charge on any atom is 0.316 e. The lowest BCUT2D eigenvalue weighted by Crippen LogP contribution is -2.48. The van der Waals surface area contributed by atoms with Crippen molar-refractivity contribution in [3.8, 4) is 28.5 Å². The standard InChI is InChI=1S/C36H37F2N5O2/c1-36(2,3)35(44)45-30-14-8-27(9-15-30)34-39-31-16-17-42(24-32(31)40-34)19-18-41-20-22-43(23-21-41)33(25-4-10-28(37)11-5-25)26-6-12-29(38)13-7-26/h4-17,24,33H,18-23H2,1-3H3. The molecule has 0 aromatic heterocycles. The molecule has 0 spiro atoms. The highest BCUT2D eigenvalue weighted by Gasteiger charge is 2.27. The van der Waals surface area contributed by atoms with E-state index in [0.717, 1.165) is 67.3 Å². The van der Waals surface area contributed by atoms with Crippen molar-refractivity contribution in [3.63, 3.8) is 0 Å². The molecular weight excluding hydrogens is 572 g/mol. The van der Waals surface area contributed by atoms with Crippen LogP contribution in [0.4, 0.5) is 8.78 Å².